The van der Waals surface area contributed by atoms with Crippen molar-refractivity contribution in [2.45, 2.75) is 64.8 Å². The summed E-state index contributed by atoms with van der Waals surface area (Å²) in [6.45, 7) is 8.37. The lowest BCUT2D eigenvalue weighted by Gasteiger charge is -2.38. The number of hydrogen-bond donors (Lipinski definition) is 1. The van der Waals surface area contributed by atoms with Crippen molar-refractivity contribution in [1.82, 2.24) is 4.90 Å². The quantitative estimate of drug-likeness (QED) is 0.903. The first-order chi connectivity index (χ1) is 9.56. The van der Waals surface area contributed by atoms with E-state index >= 15 is 0 Å². The minimum absolute atomic E-state index is 0. The lowest BCUT2D eigenvalue weighted by atomic mass is 9.96. The summed E-state index contributed by atoms with van der Waals surface area (Å²) < 4.78 is 5.78. The van der Waals surface area contributed by atoms with Crippen molar-refractivity contribution in [3.63, 3.8) is 0 Å². The molecule has 2 unspecified atom stereocenters. The summed E-state index contributed by atoms with van der Waals surface area (Å²) in [6.07, 6.45) is 4.03. The van der Waals surface area contributed by atoms with Gasteiger partial charge in [0.05, 0.1) is 6.10 Å². The van der Waals surface area contributed by atoms with Crippen LogP contribution < -0.4 is 10.5 Å². The lowest BCUT2D eigenvalue weighted by Crippen LogP contribution is -2.48. The van der Waals surface area contributed by atoms with E-state index in [2.05, 4.69) is 43.9 Å². The molecule has 1 aliphatic rings. The van der Waals surface area contributed by atoms with Crippen LogP contribution in [0.15, 0.2) is 24.3 Å². The summed E-state index contributed by atoms with van der Waals surface area (Å²) >= 11 is 0. The van der Waals surface area contributed by atoms with Crippen LogP contribution in [0.25, 0.3) is 0 Å². The molecule has 2 N–H and O–H groups in total. The molecule has 1 saturated heterocycles. The molecule has 1 fully saturated rings. The zero-order chi connectivity index (χ0) is 14.5. The Bertz CT molecular complexity index is 423. The van der Waals surface area contributed by atoms with E-state index in [0.717, 1.165) is 18.8 Å². The molecule has 0 amide bonds. The van der Waals surface area contributed by atoms with Crippen LogP contribution in [0.3, 0.4) is 0 Å². The average molecular weight is 313 g/mol. The maximum atomic E-state index is 6.14. The topological polar surface area (TPSA) is 38.5 Å². The lowest BCUT2D eigenvalue weighted by molar-refractivity contribution is 0.123. The Morgan fingerprint density at radius 2 is 2.05 bits per heavy atom. The third-order valence-electron chi connectivity index (χ3n) is 3.93. The van der Waals surface area contributed by atoms with E-state index < -0.39 is 0 Å². The highest BCUT2D eigenvalue weighted by molar-refractivity contribution is 5.85. The molecule has 21 heavy (non-hydrogen) atoms. The highest BCUT2D eigenvalue weighted by Gasteiger charge is 2.25. The summed E-state index contributed by atoms with van der Waals surface area (Å²) in [7, 11) is 0. The van der Waals surface area contributed by atoms with Gasteiger partial charge in [0.2, 0.25) is 0 Å². The van der Waals surface area contributed by atoms with Gasteiger partial charge in [-0.3, -0.25) is 4.90 Å². The summed E-state index contributed by atoms with van der Waals surface area (Å²) in [6, 6.07) is 9.21. The van der Waals surface area contributed by atoms with Crippen molar-refractivity contribution < 1.29 is 4.74 Å². The predicted octanol–water partition coefficient (Wildman–Crippen LogP) is 3.60. The number of hydrogen-bond acceptors (Lipinski definition) is 3. The third-order valence-corrected chi connectivity index (χ3v) is 3.93. The Morgan fingerprint density at radius 1 is 1.29 bits per heavy atom. The van der Waals surface area contributed by atoms with Gasteiger partial charge in [-0.25, -0.2) is 0 Å². The maximum Gasteiger partial charge on any atom is 0.120 e. The second-order valence-corrected chi connectivity index (χ2v) is 6.21. The number of halogens is 1. The molecular formula is C17H29ClN2O. The molecule has 0 radical (unpaired) electrons. The molecule has 4 heteroatoms. The molecule has 2 atom stereocenters. The molecule has 1 aliphatic heterocycles. The van der Waals surface area contributed by atoms with Crippen LogP contribution in [0, 0.1) is 0 Å². The van der Waals surface area contributed by atoms with Crippen molar-refractivity contribution in [2.24, 2.45) is 5.73 Å². The molecule has 0 spiro atoms. The standard InChI is InChI=1S/C17H28N2O.ClH/c1-13(2)20-16-8-6-7-15(11-16)12-19-10-5-4-9-17(19)14(3)18;/h6-8,11,13-14,17H,4-5,9-10,12,18H2,1-3H3;1H. The smallest absolute Gasteiger partial charge is 0.120 e. The van der Waals surface area contributed by atoms with Gasteiger partial charge in [-0.1, -0.05) is 18.6 Å². The number of nitrogens with two attached hydrogens (primary N) is 1. The van der Waals surface area contributed by atoms with Gasteiger partial charge in [0.15, 0.2) is 0 Å². The average Bonchev–Trinajstić information content (AvgIpc) is 2.38. The SMILES string of the molecule is CC(C)Oc1cccc(CN2CCCCC2C(C)N)c1.Cl. The minimum atomic E-state index is 0. The summed E-state index contributed by atoms with van der Waals surface area (Å²) in [5.74, 6) is 0.965. The maximum absolute atomic E-state index is 6.14. The van der Waals surface area contributed by atoms with E-state index in [-0.39, 0.29) is 24.6 Å². The molecule has 0 aromatic heterocycles. The fraction of sp³-hybridized carbons (Fsp3) is 0.647. The van der Waals surface area contributed by atoms with Crippen molar-refractivity contribution in [3.05, 3.63) is 29.8 Å². The first-order valence-corrected chi connectivity index (χ1v) is 7.81. The van der Waals surface area contributed by atoms with E-state index in [9.17, 15) is 0 Å². The van der Waals surface area contributed by atoms with Gasteiger partial charge >= 0.3 is 0 Å². The Balaban J connectivity index is 0.00000220. The molecular weight excluding hydrogens is 284 g/mol. The van der Waals surface area contributed by atoms with Crippen LogP contribution in [0.5, 0.6) is 5.75 Å². The summed E-state index contributed by atoms with van der Waals surface area (Å²) in [5.41, 5.74) is 7.46. The zero-order valence-electron chi connectivity index (χ0n) is 13.4. The molecule has 1 aromatic carbocycles. The first-order valence-electron chi connectivity index (χ1n) is 7.81. The number of benzene rings is 1. The van der Waals surface area contributed by atoms with Gasteiger partial charge in [-0.15, -0.1) is 12.4 Å². The van der Waals surface area contributed by atoms with Gasteiger partial charge in [0, 0.05) is 18.6 Å². The predicted molar refractivity (Wildman–Crippen MR) is 91.2 cm³/mol. The molecule has 1 heterocycles. The van der Waals surface area contributed by atoms with Crippen LogP contribution in [-0.4, -0.2) is 29.6 Å². The van der Waals surface area contributed by atoms with Crippen molar-refractivity contribution >= 4 is 12.4 Å². The summed E-state index contributed by atoms with van der Waals surface area (Å²) in [4.78, 5) is 2.53. The van der Waals surface area contributed by atoms with E-state index in [0.29, 0.717) is 6.04 Å². The molecule has 3 nitrogen and oxygen atoms in total. The molecule has 0 saturated carbocycles. The second-order valence-electron chi connectivity index (χ2n) is 6.21. The number of nitrogens with zero attached hydrogens (tertiary/aromatic N) is 1. The Labute approximate surface area is 135 Å². The minimum Gasteiger partial charge on any atom is -0.491 e. The molecule has 120 valence electrons. The van der Waals surface area contributed by atoms with Crippen LogP contribution in [-0.2, 0) is 6.54 Å². The Morgan fingerprint density at radius 3 is 2.71 bits per heavy atom. The van der Waals surface area contributed by atoms with Gasteiger partial charge in [-0.2, -0.15) is 0 Å². The Hall–Kier alpha value is -0.770. The zero-order valence-corrected chi connectivity index (χ0v) is 14.2. The largest absolute Gasteiger partial charge is 0.491 e. The highest BCUT2D eigenvalue weighted by Crippen LogP contribution is 2.23. The Kier molecular flexibility index (Phi) is 7.50. The molecule has 1 aromatic rings. The van der Waals surface area contributed by atoms with Crippen LogP contribution >= 0.6 is 12.4 Å². The second kappa shape index (κ2) is 8.62. The van der Waals surface area contributed by atoms with E-state index in [4.69, 9.17) is 10.5 Å². The van der Waals surface area contributed by atoms with E-state index in [1.54, 1.807) is 0 Å². The van der Waals surface area contributed by atoms with Crippen molar-refractivity contribution in [1.29, 1.82) is 0 Å². The molecule has 0 aliphatic carbocycles. The number of piperidine rings is 1. The summed E-state index contributed by atoms with van der Waals surface area (Å²) in [5, 5.41) is 0. The molecule has 0 bridgehead atoms. The monoisotopic (exact) mass is 312 g/mol. The highest BCUT2D eigenvalue weighted by atomic mass is 35.5. The molecule has 2 rings (SSSR count). The fourth-order valence-corrected chi connectivity index (χ4v) is 3.03. The van der Waals surface area contributed by atoms with E-state index in [1.165, 1.54) is 24.8 Å². The first kappa shape index (κ1) is 18.3. The van der Waals surface area contributed by atoms with Crippen molar-refractivity contribution in [2.75, 3.05) is 6.54 Å². The van der Waals surface area contributed by atoms with Gasteiger partial charge in [0.1, 0.15) is 5.75 Å². The number of ether oxygens (including phenoxy) is 1. The van der Waals surface area contributed by atoms with Crippen LogP contribution in [0.2, 0.25) is 0 Å². The normalized spacial score (nSPS) is 20.9. The third kappa shape index (κ3) is 5.50. The van der Waals surface area contributed by atoms with Gasteiger partial charge < -0.3 is 10.5 Å². The van der Waals surface area contributed by atoms with Gasteiger partial charge in [0.25, 0.3) is 0 Å². The van der Waals surface area contributed by atoms with Crippen LogP contribution in [0.1, 0.15) is 45.6 Å². The van der Waals surface area contributed by atoms with E-state index in [1.807, 2.05) is 6.07 Å². The fourth-order valence-electron chi connectivity index (χ4n) is 3.03. The number of rotatable bonds is 5. The number of likely N-dealkylation sites (tertiary alicyclic amines) is 1. The van der Waals surface area contributed by atoms with Gasteiger partial charge in [-0.05, 0) is 57.9 Å². The van der Waals surface area contributed by atoms with Crippen molar-refractivity contribution in [3.8, 4) is 5.75 Å². The van der Waals surface area contributed by atoms with Crippen LogP contribution in [0.4, 0.5) is 0 Å².